The fraction of sp³-hybridized carbons (Fsp3) is 0.727. The molecule has 1 N–H and O–H groups in total. The number of hydrogen-bond donors (Lipinski definition) is 1. The van der Waals surface area contributed by atoms with Gasteiger partial charge in [-0.15, -0.1) is 11.3 Å². The van der Waals surface area contributed by atoms with E-state index in [0.717, 1.165) is 12.0 Å². The van der Waals surface area contributed by atoms with E-state index in [9.17, 15) is 0 Å². The predicted octanol–water partition coefficient (Wildman–Crippen LogP) is 1.72. The normalized spacial score (nSPS) is 25.7. The van der Waals surface area contributed by atoms with Crippen molar-refractivity contribution in [1.82, 2.24) is 10.3 Å². The lowest BCUT2D eigenvalue weighted by atomic mass is 10.1. The topological polar surface area (TPSA) is 28.2 Å². The highest BCUT2D eigenvalue weighted by molar-refractivity contribution is 7.13. The van der Waals surface area contributed by atoms with Gasteiger partial charge in [0, 0.05) is 24.2 Å². The summed E-state index contributed by atoms with van der Waals surface area (Å²) in [6, 6.07) is 0.789. The maximum atomic E-state index is 4.44. The van der Waals surface area contributed by atoms with Crippen LogP contribution in [-0.2, 0) is 0 Å². The Hall–Kier alpha value is -0.610. The number of aromatic nitrogens is 1. The van der Waals surface area contributed by atoms with Crippen LogP contribution in [-0.4, -0.2) is 30.7 Å². The van der Waals surface area contributed by atoms with E-state index in [1.807, 2.05) is 6.20 Å². The Kier molecular flexibility index (Phi) is 2.63. The summed E-state index contributed by atoms with van der Waals surface area (Å²) in [5.41, 5.74) is 0. The van der Waals surface area contributed by atoms with Gasteiger partial charge in [0.2, 0.25) is 0 Å². The number of nitrogens with zero attached hydrogens (tertiary/aromatic N) is 2. The zero-order chi connectivity index (χ0) is 10.1. The maximum Gasteiger partial charge on any atom is 0.185 e. The summed E-state index contributed by atoms with van der Waals surface area (Å²) in [7, 11) is 0. The Morgan fingerprint density at radius 1 is 1.47 bits per heavy atom. The van der Waals surface area contributed by atoms with Crippen LogP contribution in [0, 0.1) is 5.92 Å². The van der Waals surface area contributed by atoms with Gasteiger partial charge in [-0.25, -0.2) is 4.98 Å². The maximum absolute atomic E-state index is 4.44. The van der Waals surface area contributed by atoms with Gasteiger partial charge in [0.25, 0.3) is 0 Å². The molecule has 1 aromatic heterocycles. The van der Waals surface area contributed by atoms with E-state index in [4.69, 9.17) is 0 Å². The van der Waals surface area contributed by atoms with Gasteiger partial charge in [-0.3, -0.25) is 0 Å². The number of rotatable bonds is 4. The van der Waals surface area contributed by atoms with E-state index in [1.54, 1.807) is 11.3 Å². The van der Waals surface area contributed by atoms with Gasteiger partial charge in [0.1, 0.15) is 0 Å². The van der Waals surface area contributed by atoms with Gasteiger partial charge in [-0.05, 0) is 38.3 Å². The zero-order valence-corrected chi connectivity index (χ0v) is 9.67. The minimum absolute atomic E-state index is 0.789. The minimum atomic E-state index is 0.789. The average Bonchev–Trinajstić information content (AvgIpc) is 2.78. The van der Waals surface area contributed by atoms with Crippen molar-refractivity contribution >= 4 is 16.5 Å². The van der Waals surface area contributed by atoms with Crippen LogP contribution in [0.25, 0.3) is 0 Å². The van der Waals surface area contributed by atoms with Gasteiger partial charge in [0.15, 0.2) is 5.13 Å². The Labute approximate surface area is 94.5 Å². The molecular formula is C11H17N3S. The van der Waals surface area contributed by atoms with E-state index in [-0.39, 0.29) is 0 Å². The van der Waals surface area contributed by atoms with E-state index < -0.39 is 0 Å². The summed E-state index contributed by atoms with van der Waals surface area (Å²) in [5, 5.41) is 6.75. The first kappa shape index (κ1) is 9.60. The van der Waals surface area contributed by atoms with Crippen LogP contribution >= 0.6 is 11.3 Å². The van der Waals surface area contributed by atoms with E-state index in [2.05, 4.69) is 20.6 Å². The highest BCUT2D eigenvalue weighted by Crippen LogP contribution is 2.33. The number of anilines is 1. The monoisotopic (exact) mass is 223 g/mol. The lowest BCUT2D eigenvalue weighted by molar-refractivity contribution is 0.556. The van der Waals surface area contributed by atoms with Crippen LogP contribution in [0.5, 0.6) is 0 Å². The number of thiazole rings is 1. The summed E-state index contributed by atoms with van der Waals surface area (Å²) in [5.74, 6) is 0.828. The first-order valence-electron chi connectivity index (χ1n) is 5.80. The minimum Gasteiger partial charge on any atom is -0.345 e. The Morgan fingerprint density at radius 2 is 2.40 bits per heavy atom. The smallest absolute Gasteiger partial charge is 0.185 e. The van der Waals surface area contributed by atoms with Gasteiger partial charge in [-0.2, -0.15) is 0 Å². The first-order valence-corrected chi connectivity index (χ1v) is 6.68. The molecule has 1 saturated carbocycles. The summed E-state index contributed by atoms with van der Waals surface area (Å²) >= 11 is 1.78. The Bertz CT molecular complexity index is 302. The van der Waals surface area contributed by atoms with Crippen molar-refractivity contribution in [3.8, 4) is 0 Å². The molecule has 1 aliphatic heterocycles. The number of nitrogens with one attached hydrogen (secondary N) is 1. The fourth-order valence-corrected chi connectivity index (χ4v) is 3.00. The van der Waals surface area contributed by atoms with Gasteiger partial charge < -0.3 is 10.2 Å². The van der Waals surface area contributed by atoms with Crippen LogP contribution in [0.15, 0.2) is 11.6 Å². The van der Waals surface area contributed by atoms with Crippen molar-refractivity contribution in [3.63, 3.8) is 0 Å². The van der Waals surface area contributed by atoms with E-state index >= 15 is 0 Å². The SMILES string of the molecule is c1csc(N(CC2CCNC2)C2CC2)n1. The van der Waals surface area contributed by atoms with Gasteiger partial charge >= 0.3 is 0 Å². The van der Waals surface area contributed by atoms with Crippen molar-refractivity contribution in [2.45, 2.75) is 25.3 Å². The molecule has 82 valence electrons. The molecule has 15 heavy (non-hydrogen) atoms. The average molecular weight is 223 g/mol. The van der Waals surface area contributed by atoms with Crippen LogP contribution in [0.2, 0.25) is 0 Å². The molecule has 4 heteroatoms. The molecule has 1 atom stereocenters. The molecule has 0 spiro atoms. The second-order valence-electron chi connectivity index (χ2n) is 4.56. The second kappa shape index (κ2) is 4.10. The molecule has 1 aromatic rings. The third-order valence-corrected chi connectivity index (χ3v) is 4.08. The van der Waals surface area contributed by atoms with E-state index in [0.29, 0.717) is 0 Å². The molecule has 0 radical (unpaired) electrons. The largest absolute Gasteiger partial charge is 0.345 e. The lowest BCUT2D eigenvalue weighted by Crippen LogP contribution is -2.32. The molecule has 0 aromatic carbocycles. The van der Waals surface area contributed by atoms with E-state index in [1.165, 1.54) is 44.0 Å². The molecule has 2 heterocycles. The van der Waals surface area contributed by atoms with Crippen molar-refractivity contribution in [2.75, 3.05) is 24.5 Å². The predicted molar refractivity (Wildman–Crippen MR) is 63.5 cm³/mol. The van der Waals surface area contributed by atoms with Crippen molar-refractivity contribution in [1.29, 1.82) is 0 Å². The summed E-state index contributed by atoms with van der Waals surface area (Å²) in [6.07, 6.45) is 5.97. The summed E-state index contributed by atoms with van der Waals surface area (Å²) < 4.78 is 0. The highest BCUT2D eigenvalue weighted by atomic mass is 32.1. The molecule has 1 aliphatic carbocycles. The quantitative estimate of drug-likeness (QED) is 0.842. The Morgan fingerprint density at radius 3 is 3.00 bits per heavy atom. The van der Waals surface area contributed by atoms with Gasteiger partial charge in [0.05, 0.1) is 0 Å². The molecule has 3 rings (SSSR count). The molecule has 0 amide bonds. The van der Waals surface area contributed by atoms with Crippen molar-refractivity contribution in [2.24, 2.45) is 5.92 Å². The van der Waals surface area contributed by atoms with Crippen LogP contribution < -0.4 is 10.2 Å². The first-order chi connectivity index (χ1) is 7.43. The van der Waals surface area contributed by atoms with Gasteiger partial charge in [-0.1, -0.05) is 0 Å². The van der Waals surface area contributed by atoms with Crippen LogP contribution in [0.4, 0.5) is 5.13 Å². The fourth-order valence-electron chi connectivity index (χ4n) is 2.28. The zero-order valence-electron chi connectivity index (χ0n) is 8.85. The highest BCUT2D eigenvalue weighted by Gasteiger charge is 2.32. The Balaban J connectivity index is 1.68. The molecule has 0 bridgehead atoms. The lowest BCUT2D eigenvalue weighted by Gasteiger charge is -2.24. The molecule has 2 aliphatic rings. The molecular weight excluding hydrogens is 206 g/mol. The second-order valence-corrected chi connectivity index (χ2v) is 5.43. The molecule has 2 fully saturated rings. The van der Waals surface area contributed by atoms with Crippen molar-refractivity contribution in [3.05, 3.63) is 11.6 Å². The summed E-state index contributed by atoms with van der Waals surface area (Å²) in [4.78, 5) is 6.97. The molecule has 3 nitrogen and oxygen atoms in total. The van der Waals surface area contributed by atoms with Crippen molar-refractivity contribution < 1.29 is 0 Å². The van der Waals surface area contributed by atoms with Crippen LogP contribution in [0.3, 0.4) is 0 Å². The third-order valence-electron chi connectivity index (χ3n) is 3.27. The summed E-state index contributed by atoms with van der Waals surface area (Å²) in [6.45, 7) is 3.58. The molecule has 1 saturated heterocycles. The number of hydrogen-bond acceptors (Lipinski definition) is 4. The third kappa shape index (κ3) is 2.16. The molecule has 1 unspecified atom stereocenters. The van der Waals surface area contributed by atoms with Crippen LogP contribution in [0.1, 0.15) is 19.3 Å². The standard InChI is InChI=1S/C11H17N3S/c1-2-10(1)14(11-13-5-6-15-11)8-9-3-4-12-7-9/h5-6,9-10,12H,1-4,7-8H2.